The van der Waals surface area contributed by atoms with Gasteiger partial charge in [-0.15, -0.1) is 11.3 Å². The molecular formula is C33H27BrClN5O4S. The second-order valence-electron chi connectivity index (χ2n) is 9.41. The normalized spacial score (nSPS) is 10.8. The Labute approximate surface area is 277 Å². The van der Waals surface area contributed by atoms with Crippen molar-refractivity contribution in [2.75, 3.05) is 23.8 Å². The van der Waals surface area contributed by atoms with Gasteiger partial charge in [0.25, 0.3) is 11.8 Å². The largest absolute Gasteiger partial charge is 0.490 e. The molecule has 0 saturated heterocycles. The van der Waals surface area contributed by atoms with Crippen molar-refractivity contribution in [2.24, 2.45) is 5.10 Å². The van der Waals surface area contributed by atoms with Gasteiger partial charge < -0.3 is 20.1 Å². The zero-order valence-corrected chi connectivity index (χ0v) is 27.1. The highest BCUT2D eigenvalue weighted by molar-refractivity contribution is 9.10. The van der Waals surface area contributed by atoms with E-state index in [0.717, 1.165) is 22.1 Å². The van der Waals surface area contributed by atoms with Crippen molar-refractivity contribution in [3.63, 3.8) is 0 Å². The molecule has 0 radical (unpaired) electrons. The van der Waals surface area contributed by atoms with E-state index in [1.54, 1.807) is 48.5 Å². The van der Waals surface area contributed by atoms with Crippen molar-refractivity contribution >= 4 is 73.4 Å². The molecule has 12 heteroatoms. The van der Waals surface area contributed by atoms with E-state index < -0.39 is 0 Å². The van der Waals surface area contributed by atoms with E-state index in [1.807, 2.05) is 54.8 Å². The topological polar surface area (TPSA) is 114 Å². The second kappa shape index (κ2) is 15.3. The maximum Gasteiger partial charge on any atom is 0.271 e. The average Bonchev–Trinajstić information content (AvgIpc) is 3.51. The van der Waals surface area contributed by atoms with Crippen LogP contribution in [0.15, 0.2) is 106 Å². The third-order valence-electron chi connectivity index (χ3n) is 6.16. The molecule has 0 fully saturated rings. The van der Waals surface area contributed by atoms with Gasteiger partial charge in [0, 0.05) is 32.9 Å². The van der Waals surface area contributed by atoms with Crippen LogP contribution in [0.3, 0.4) is 0 Å². The number of hydrogen-bond acceptors (Lipinski definition) is 8. The Balaban J connectivity index is 1.17. The Bertz CT molecular complexity index is 1800. The van der Waals surface area contributed by atoms with E-state index >= 15 is 0 Å². The molecule has 5 aromatic rings. The van der Waals surface area contributed by atoms with Crippen molar-refractivity contribution in [3.8, 4) is 22.8 Å². The van der Waals surface area contributed by atoms with Crippen LogP contribution in [0.4, 0.5) is 16.5 Å². The number of thiazole rings is 1. The van der Waals surface area contributed by atoms with E-state index in [4.69, 9.17) is 21.1 Å². The summed E-state index contributed by atoms with van der Waals surface area (Å²) in [5.74, 6) is 0.0777. The molecule has 0 aliphatic heterocycles. The summed E-state index contributed by atoms with van der Waals surface area (Å²) in [5.41, 5.74) is 6.92. The fourth-order valence-corrected chi connectivity index (χ4v) is 5.50. The molecule has 5 rings (SSSR count). The molecule has 1 aromatic heterocycles. The number of carbonyl (C=O) groups is 2. The first-order valence-corrected chi connectivity index (χ1v) is 15.8. The highest BCUT2D eigenvalue weighted by Gasteiger charge is 2.14. The molecule has 0 bridgehead atoms. The Morgan fingerprint density at radius 2 is 1.73 bits per heavy atom. The molecule has 1 heterocycles. The van der Waals surface area contributed by atoms with Crippen LogP contribution in [0.5, 0.6) is 11.5 Å². The molecule has 0 aliphatic carbocycles. The van der Waals surface area contributed by atoms with E-state index in [1.165, 1.54) is 17.6 Å². The minimum Gasteiger partial charge on any atom is -0.490 e. The minimum absolute atomic E-state index is 0.238. The second-order valence-corrected chi connectivity index (χ2v) is 11.6. The Hall–Kier alpha value is -4.71. The fraction of sp³-hybridized carbons (Fsp3) is 0.0909. The smallest absolute Gasteiger partial charge is 0.271 e. The van der Waals surface area contributed by atoms with E-state index in [-0.39, 0.29) is 18.4 Å². The van der Waals surface area contributed by atoms with Crippen LogP contribution < -0.4 is 25.5 Å². The molecule has 0 aliphatic rings. The number of halogens is 2. The van der Waals surface area contributed by atoms with Gasteiger partial charge in [0.1, 0.15) is 0 Å². The summed E-state index contributed by atoms with van der Waals surface area (Å²) < 4.78 is 12.1. The van der Waals surface area contributed by atoms with Gasteiger partial charge in [-0.25, -0.2) is 10.4 Å². The maximum absolute atomic E-state index is 12.7. The highest BCUT2D eigenvalue weighted by atomic mass is 79.9. The van der Waals surface area contributed by atoms with Gasteiger partial charge >= 0.3 is 0 Å². The molecule has 0 atom stereocenters. The van der Waals surface area contributed by atoms with Crippen LogP contribution in [-0.2, 0) is 4.79 Å². The predicted octanol–water partition coefficient (Wildman–Crippen LogP) is 8.15. The lowest BCUT2D eigenvalue weighted by Gasteiger charge is -2.14. The zero-order chi connectivity index (χ0) is 31.6. The number of carbonyl (C=O) groups excluding carboxylic acids is 2. The number of ether oxygens (including phenoxy) is 2. The minimum atomic E-state index is -0.363. The average molecular weight is 705 g/mol. The summed E-state index contributed by atoms with van der Waals surface area (Å²) in [6, 6.07) is 27.2. The van der Waals surface area contributed by atoms with Gasteiger partial charge in [-0.05, 0) is 89.1 Å². The number of rotatable bonds is 12. The maximum atomic E-state index is 12.7. The van der Waals surface area contributed by atoms with Crippen LogP contribution in [0.25, 0.3) is 11.3 Å². The number of amides is 2. The molecule has 9 nitrogen and oxygen atoms in total. The van der Waals surface area contributed by atoms with E-state index in [9.17, 15) is 9.59 Å². The molecule has 3 N–H and O–H groups in total. The molecule has 228 valence electrons. The molecular weight excluding hydrogens is 678 g/mol. The summed E-state index contributed by atoms with van der Waals surface area (Å²) in [7, 11) is 0. The monoisotopic (exact) mass is 703 g/mol. The standard InChI is InChI=1S/C33H27BrClN5O4S/c1-2-43-29-17-21(16-27(34)31(29)44-19-30(41)37-26-14-12-24(35)13-15-26)18-36-40-32(42)23-10-8-22(9-11-23)28-20-45-33(39-28)38-25-6-4-3-5-7-25/h3-18,20H,2,19H2,1H3,(H,37,41)(H,38,39)(H,40,42)/b36-18+. The number of para-hydroxylation sites is 1. The first-order chi connectivity index (χ1) is 21.9. The van der Waals surface area contributed by atoms with Crippen LogP contribution in [-0.4, -0.2) is 36.2 Å². The zero-order valence-electron chi connectivity index (χ0n) is 23.9. The van der Waals surface area contributed by atoms with Gasteiger partial charge in [0.15, 0.2) is 23.2 Å². The van der Waals surface area contributed by atoms with Crippen LogP contribution in [0, 0.1) is 0 Å². The lowest BCUT2D eigenvalue weighted by Crippen LogP contribution is -2.20. The Morgan fingerprint density at radius 1 is 0.978 bits per heavy atom. The van der Waals surface area contributed by atoms with Crippen LogP contribution >= 0.6 is 38.9 Å². The first-order valence-electron chi connectivity index (χ1n) is 13.7. The molecule has 0 spiro atoms. The summed E-state index contributed by atoms with van der Waals surface area (Å²) in [6.45, 7) is 1.98. The summed E-state index contributed by atoms with van der Waals surface area (Å²) in [5, 5.41) is 13.5. The van der Waals surface area contributed by atoms with E-state index in [0.29, 0.717) is 44.4 Å². The number of hydrogen-bond donors (Lipinski definition) is 3. The number of nitrogens with one attached hydrogen (secondary N) is 3. The SMILES string of the molecule is CCOc1cc(/C=N/NC(=O)c2ccc(-c3csc(Nc4ccccc4)n3)cc2)cc(Br)c1OCC(=O)Nc1ccc(Cl)cc1. The fourth-order valence-electron chi connectivity index (χ4n) is 4.06. The molecule has 2 amide bonds. The van der Waals surface area contributed by atoms with Gasteiger partial charge in [-0.1, -0.05) is 41.9 Å². The van der Waals surface area contributed by atoms with Crippen LogP contribution in [0.2, 0.25) is 5.02 Å². The highest BCUT2D eigenvalue weighted by Crippen LogP contribution is 2.36. The molecule has 0 saturated carbocycles. The number of benzene rings is 4. The van der Waals surface area contributed by atoms with Gasteiger partial charge in [-0.3, -0.25) is 9.59 Å². The molecule has 0 unspecified atom stereocenters. The van der Waals surface area contributed by atoms with Crippen molar-refractivity contribution in [3.05, 3.63) is 117 Å². The number of anilines is 3. The number of nitrogens with zero attached hydrogens (tertiary/aromatic N) is 2. The first kappa shape index (κ1) is 31.7. The molecule has 45 heavy (non-hydrogen) atoms. The third kappa shape index (κ3) is 8.91. The number of hydrazone groups is 1. The van der Waals surface area contributed by atoms with Gasteiger partial charge in [0.05, 0.1) is 23.0 Å². The van der Waals surface area contributed by atoms with Crippen molar-refractivity contribution in [1.82, 2.24) is 10.4 Å². The lowest BCUT2D eigenvalue weighted by atomic mass is 10.1. The van der Waals surface area contributed by atoms with E-state index in [2.05, 4.69) is 42.1 Å². The third-order valence-corrected chi connectivity index (χ3v) is 7.76. The summed E-state index contributed by atoms with van der Waals surface area (Å²) in [6.07, 6.45) is 1.49. The summed E-state index contributed by atoms with van der Waals surface area (Å²) >= 11 is 10.9. The Morgan fingerprint density at radius 3 is 2.47 bits per heavy atom. The van der Waals surface area contributed by atoms with Crippen molar-refractivity contribution in [2.45, 2.75) is 6.92 Å². The van der Waals surface area contributed by atoms with Crippen LogP contribution in [0.1, 0.15) is 22.8 Å². The van der Waals surface area contributed by atoms with Gasteiger partial charge in [0.2, 0.25) is 0 Å². The van der Waals surface area contributed by atoms with Crippen molar-refractivity contribution in [1.29, 1.82) is 0 Å². The Kier molecular flexibility index (Phi) is 10.8. The summed E-state index contributed by atoms with van der Waals surface area (Å²) in [4.78, 5) is 29.8. The lowest BCUT2D eigenvalue weighted by molar-refractivity contribution is -0.118. The molecule has 4 aromatic carbocycles. The van der Waals surface area contributed by atoms with Crippen molar-refractivity contribution < 1.29 is 19.1 Å². The van der Waals surface area contributed by atoms with Gasteiger partial charge in [-0.2, -0.15) is 5.10 Å². The predicted molar refractivity (Wildman–Crippen MR) is 183 cm³/mol. The number of aromatic nitrogens is 1. The quantitative estimate of drug-likeness (QED) is 0.0893.